The van der Waals surface area contributed by atoms with Crippen LogP contribution in [0.25, 0.3) is 0 Å². The van der Waals surface area contributed by atoms with E-state index in [-0.39, 0.29) is 6.03 Å². The van der Waals surface area contributed by atoms with Gasteiger partial charge in [-0.05, 0) is 61.7 Å². The van der Waals surface area contributed by atoms with E-state index in [0.717, 1.165) is 63.5 Å². The maximum Gasteiger partial charge on any atom is 0.317 e. The van der Waals surface area contributed by atoms with E-state index in [1.165, 1.54) is 18.4 Å². The van der Waals surface area contributed by atoms with Crippen molar-refractivity contribution in [1.29, 1.82) is 0 Å². The minimum absolute atomic E-state index is 0.0733. The Hall–Kier alpha value is -2.53. The van der Waals surface area contributed by atoms with Gasteiger partial charge in [0.2, 0.25) is 0 Å². The van der Waals surface area contributed by atoms with Crippen molar-refractivity contribution in [3.05, 3.63) is 65.7 Å². The number of piperidine rings is 2. The number of hydrogen-bond donors (Lipinski definition) is 1. The van der Waals surface area contributed by atoms with Crippen LogP contribution >= 0.6 is 0 Å². The summed E-state index contributed by atoms with van der Waals surface area (Å²) in [6.07, 6.45) is 4.68. The zero-order valence-electron chi connectivity index (χ0n) is 20.3. The third-order valence-electron chi connectivity index (χ3n) is 7.25. The van der Waals surface area contributed by atoms with Crippen LogP contribution in [-0.4, -0.2) is 48.6 Å². The average molecular weight is 450 g/mol. The van der Waals surface area contributed by atoms with Crippen molar-refractivity contribution in [3.8, 4) is 5.75 Å². The summed E-state index contributed by atoms with van der Waals surface area (Å²) >= 11 is 0. The molecular weight excluding hydrogens is 410 g/mol. The summed E-state index contributed by atoms with van der Waals surface area (Å²) < 4.78 is 6.06. The molecule has 2 saturated heterocycles. The summed E-state index contributed by atoms with van der Waals surface area (Å²) in [4.78, 5) is 17.2. The van der Waals surface area contributed by atoms with E-state index in [2.05, 4.69) is 48.3 Å². The van der Waals surface area contributed by atoms with Gasteiger partial charge in [-0.3, -0.25) is 4.90 Å². The van der Waals surface area contributed by atoms with Gasteiger partial charge in [-0.15, -0.1) is 0 Å². The van der Waals surface area contributed by atoms with Gasteiger partial charge in [0, 0.05) is 31.7 Å². The lowest BCUT2D eigenvalue weighted by atomic mass is 9.71. The van der Waals surface area contributed by atoms with Gasteiger partial charge in [0.05, 0.1) is 6.61 Å². The summed E-state index contributed by atoms with van der Waals surface area (Å²) in [6.45, 7) is 10.7. The average Bonchev–Trinajstić information content (AvgIpc) is 2.84. The lowest BCUT2D eigenvalue weighted by Crippen LogP contribution is -2.50. The van der Waals surface area contributed by atoms with E-state index in [1.807, 2.05) is 35.2 Å². The molecule has 2 aromatic rings. The molecule has 33 heavy (non-hydrogen) atoms. The van der Waals surface area contributed by atoms with Crippen LogP contribution in [0.1, 0.15) is 50.7 Å². The number of nitrogens with zero attached hydrogens (tertiary/aromatic N) is 2. The largest absolute Gasteiger partial charge is 0.493 e. The van der Waals surface area contributed by atoms with Gasteiger partial charge in [-0.25, -0.2) is 4.79 Å². The molecule has 2 aliphatic heterocycles. The van der Waals surface area contributed by atoms with Gasteiger partial charge in [0.15, 0.2) is 0 Å². The highest BCUT2D eigenvalue weighted by atomic mass is 16.5. The quantitative estimate of drug-likeness (QED) is 0.623. The first-order valence-electron chi connectivity index (χ1n) is 12.5. The Kier molecular flexibility index (Phi) is 7.92. The standard InChI is InChI=1S/C28H39N3O2/c1-23(2)22-33-26-11-7-6-10-25(26)21-30-16-12-28(13-17-30)14-18-31(19-15-28)27(32)29-20-24-8-4-3-5-9-24/h3-11,23H,12-22H2,1-2H3,(H,29,32). The molecule has 0 radical (unpaired) electrons. The van der Waals surface area contributed by atoms with Gasteiger partial charge in [-0.2, -0.15) is 0 Å². The highest BCUT2D eigenvalue weighted by Gasteiger charge is 2.38. The number of para-hydroxylation sites is 1. The minimum atomic E-state index is 0.0733. The zero-order valence-corrected chi connectivity index (χ0v) is 20.3. The third-order valence-corrected chi connectivity index (χ3v) is 7.25. The molecule has 2 heterocycles. The van der Waals surface area contributed by atoms with Crippen LogP contribution < -0.4 is 10.1 Å². The Balaban J connectivity index is 1.22. The topological polar surface area (TPSA) is 44.8 Å². The number of carbonyl (C=O) groups is 1. The molecule has 0 aromatic heterocycles. The van der Waals surface area contributed by atoms with Crippen LogP contribution in [0.3, 0.4) is 0 Å². The van der Waals surface area contributed by atoms with E-state index >= 15 is 0 Å². The molecule has 5 nitrogen and oxygen atoms in total. The highest BCUT2D eigenvalue weighted by Crippen LogP contribution is 2.41. The SMILES string of the molecule is CC(C)COc1ccccc1CN1CCC2(CC1)CCN(C(=O)NCc1ccccc1)CC2. The van der Waals surface area contributed by atoms with Gasteiger partial charge in [0.25, 0.3) is 0 Å². The second-order valence-corrected chi connectivity index (χ2v) is 10.2. The van der Waals surface area contributed by atoms with Crippen LogP contribution in [0.2, 0.25) is 0 Å². The van der Waals surface area contributed by atoms with Crippen LogP contribution in [0, 0.1) is 11.3 Å². The van der Waals surface area contributed by atoms with Crippen LogP contribution in [0.4, 0.5) is 4.79 Å². The summed E-state index contributed by atoms with van der Waals surface area (Å²) in [7, 11) is 0. The van der Waals surface area contributed by atoms with Crippen LogP contribution in [-0.2, 0) is 13.1 Å². The van der Waals surface area contributed by atoms with Gasteiger partial charge in [-0.1, -0.05) is 62.4 Å². The van der Waals surface area contributed by atoms with Crippen LogP contribution in [0.5, 0.6) is 5.75 Å². The fourth-order valence-electron chi connectivity index (χ4n) is 5.03. The third kappa shape index (κ3) is 6.50. The summed E-state index contributed by atoms with van der Waals surface area (Å²) in [5.41, 5.74) is 2.84. The van der Waals surface area contributed by atoms with Crippen molar-refractivity contribution in [1.82, 2.24) is 15.1 Å². The minimum Gasteiger partial charge on any atom is -0.493 e. The Bertz CT molecular complexity index is 881. The Morgan fingerprint density at radius 3 is 2.27 bits per heavy atom. The van der Waals surface area contributed by atoms with E-state index < -0.39 is 0 Å². The van der Waals surface area contributed by atoms with Crippen LogP contribution in [0.15, 0.2) is 54.6 Å². The fourth-order valence-corrected chi connectivity index (χ4v) is 5.03. The van der Waals surface area contributed by atoms with Gasteiger partial charge in [0.1, 0.15) is 5.75 Å². The number of rotatable bonds is 7. The number of benzene rings is 2. The van der Waals surface area contributed by atoms with Gasteiger partial charge < -0.3 is 15.0 Å². The molecule has 2 amide bonds. The normalized spacial score (nSPS) is 18.5. The van der Waals surface area contributed by atoms with Crippen molar-refractivity contribution in [2.75, 3.05) is 32.8 Å². The molecule has 4 rings (SSSR count). The summed E-state index contributed by atoms with van der Waals surface area (Å²) in [5, 5.41) is 3.08. The predicted octanol–water partition coefficient (Wildman–Crippen LogP) is 5.31. The Morgan fingerprint density at radius 2 is 1.58 bits per heavy atom. The summed E-state index contributed by atoms with van der Waals surface area (Å²) in [5.74, 6) is 1.56. The first-order chi connectivity index (χ1) is 16.0. The monoisotopic (exact) mass is 449 g/mol. The molecule has 0 saturated carbocycles. The number of ether oxygens (including phenoxy) is 1. The summed E-state index contributed by atoms with van der Waals surface area (Å²) in [6, 6.07) is 18.7. The van der Waals surface area contributed by atoms with Crippen molar-refractivity contribution < 1.29 is 9.53 Å². The molecule has 2 fully saturated rings. The molecule has 2 aromatic carbocycles. The number of amides is 2. The van der Waals surface area contributed by atoms with Crippen molar-refractivity contribution in [3.63, 3.8) is 0 Å². The van der Waals surface area contributed by atoms with Crippen molar-refractivity contribution in [2.24, 2.45) is 11.3 Å². The molecule has 1 N–H and O–H groups in total. The van der Waals surface area contributed by atoms with E-state index in [0.29, 0.717) is 17.9 Å². The number of carbonyl (C=O) groups excluding carboxylic acids is 1. The second kappa shape index (κ2) is 11.1. The van der Waals surface area contributed by atoms with Crippen molar-refractivity contribution >= 4 is 6.03 Å². The first kappa shape index (κ1) is 23.6. The first-order valence-corrected chi connectivity index (χ1v) is 12.5. The molecule has 178 valence electrons. The molecule has 0 atom stereocenters. The molecule has 2 aliphatic rings. The molecule has 0 aliphatic carbocycles. The van der Waals surface area contributed by atoms with E-state index in [1.54, 1.807) is 0 Å². The lowest BCUT2D eigenvalue weighted by molar-refractivity contribution is 0.0421. The molecular formula is C28H39N3O2. The number of hydrogen-bond acceptors (Lipinski definition) is 3. The van der Waals surface area contributed by atoms with Crippen molar-refractivity contribution in [2.45, 2.75) is 52.6 Å². The van der Waals surface area contributed by atoms with Gasteiger partial charge >= 0.3 is 6.03 Å². The highest BCUT2D eigenvalue weighted by molar-refractivity contribution is 5.74. The molecule has 0 unspecified atom stereocenters. The second-order valence-electron chi connectivity index (χ2n) is 10.2. The Morgan fingerprint density at radius 1 is 0.939 bits per heavy atom. The predicted molar refractivity (Wildman–Crippen MR) is 133 cm³/mol. The molecule has 1 spiro atoms. The number of likely N-dealkylation sites (tertiary alicyclic amines) is 2. The number of nitrogens with one attached hydrogen (secondary N) is 1. The smallest absolute Gasteiger partial charge is 0.317 e. The Labute approximate surface area is 199 Å². The lowest BCUT2D eigenvalue weighted by Gasteiger charge is -2.47. The maximum absolute atomic E-state index is 12.6. The van der Waals surface area contributed by atoms with E-state index in [9.17, 15) is 4.79 Å². The number of urea groups is 1. The van der Waals surface area contributed by atoms with E-state index in [4.69, 9.17) is 4.74 Å². The fraction of sp³-hybridized carbons (Fsp3) is 0.536. The molecule has 0 bridgehead atoms. The zero-order chi connectivity index (χ0) is 23.1. The maximum atomic E-state index is 12.6. The molecule has 5 heteroatoms.